The van der Waals surface area contributed by atoms with Gasteiger partial charge in [0.25, 0.3) is 0 Å². The van der Waals surface area contributed by atoms with Crippen molar-refractivity contribution in [1.29, 1.82) is 0 Å². The van der Waals surface area contributed by atoms with Gasteiger partial charge in [0.15, 0.2) is 5.96 Å². The van der Waals surface area contributed by atoms with Crippen molar-refractivity contribution in [2.75, 3.05) is 13.1 Å². The Hall–Kier alpha value is -0.370. The summed E-state index contributed by atoms with van der Waals surface area (Å²) in [5.74, 6) is 0.303. The molecule has 114 valence electrons. The highest BCUT2D eigenvalue weighted by molar-refractivity contribution is 14.0. The second kappa shape index (κ2) is 11.3. The van der Waals surface area contributed by atoms with Crippen molar-refractivity contribution >= 4 is 45.9 Å². The van der Waals surface area contributed by atoms with Gasteiger partial charge in [-0.2, -0.15) is 0 Å². The van der Waals surface area contributed by atoms with E-state index in [1.54, 1.807) is 6.07 Å². The first kappa shape index (κ1) is 19.6. The molecule has 0 fully saturated rings. The summed E-state index contributed by atoms with van der Waals surface area (Å²) in [7, 11) is 0. The van der Waals surface area contributed by atoms with Crippen LogP contribution in [0.2, 0.25) is 0 Å². The third-order valence-corrected chi connectivity index (χ3v) is 3.23. The molecule has 0 heterocycles. The monoisotopic (exact) mass is 457 g/mol. The van der Waals surface area contributed by atoms with Crippen LogP contribution in [0.25, 0.3) is 0 Å². The average Bonchev–Trinajstić information content (AvgIpc) is 2.37. The molecule has 0 aromatic heterocycles. The second-order valence-electron chi connectivity index (χ2n) is 4.39. The molecule has 1 aromatic carbocycles. The van der Waals surface area contributed by atoms with Gasteiger partial charge in [0.2, 0.25) is 0 Å². The molecule has 0 saturated carbocycles. The lowest BCUT2D eigenvalue weighted by molar-refractivity contribution is 0.604. The molecule has 0 aliphatic rings. The van der Waals surface area contributed by atoms with Gasteiger partial charge in [-0.3, -0.25) is 4.99 Å². The number of nitrogens with one attached hydrogen (secondary N) is 1. The number of unbranched alkanes of at least 4 members (excludes halogenated alkanes) is 1. The number of guanidine groups is 1. The summed E-state index contributed by atoms with van der Waals surface area (Å²) < 4.78 is 14.3. The van der Waals surface area contributed by atoms with E-state index in [1.807, 2.05) is 6.07 Å². The summed E-state index contributed by atoms with van der Waals surface area (Å²) in [6.45, 7) is 3.59. The van der Waals surface area contributed by atoms with E-state index in [4.69, 9.17) is 5.73 Å². The van der Waals surface area contributed by atoms with E-state index in [9.17, 15) is 4.39 Å². The predicted octanol–water partition coefficient (Wildman–Crippen LogP) is 3.84. The molecule has 3 nitrogen and oxygen atoms in total. The molecule has 0 radical (unpaired) electrons. The van der Waals surface area contributed by atoms with Crippen LogP contribution in [0.5, 0.6) is 0 Å². The number of aryl methyl sites for hydroxylation is 1. The van der Waals surface area contributed by atoms with Crippen LogP contribution in [0.3, 0.4) is 0 Å². The highest BCUT2D eigenvalue weighted by atomic mass is 127. The van der Waals surface area contributed by atoms with Crippen molar-refractivity contribution in [2.24, 2.45) is 10.7 Å². The maximum Gasteiger partial charge on any atom is 0.188 e. The van der Waals surface area contributed by atoms with Crippen LogP contribution in [0.1, 0.15) is 31.7 Å². The molecule has 0 bridgehead atoms. The first-order valence-corrected chi connectivity index (χ1v) is 7.40. The molecule has 1 rings (SSSR count). The number of rotatable bonds is 7. The summed E-state index contributed by atoms with van der Waals surface area (Å²) in [5, 5.41) is 3.05. The molecule has 0 unspecified atom stereocenters. The smallest absolute Gasteiger partial charge is 0.188 e. The van der Waals surface area contributed by atoms with Crippen molar-refractivity contribution in [2.45, 2.75) is 32.6 Å². The van der Waals surface area contributed by atoms with Gasteiger partial charge in [0.05, 0.1) is 0 Å². The summed E-state index contributed by atoms with van der Waals surface area (Å²) >= 11 is 3.24. The highest BCUT2D eigenvalue weighted by Crippen LogP contribution is 2.16. The number of nitrogens with two attached hydrogens (primary N) is 1. The van der Waals surface area contributed by atoms with E-state index < -0.39 is 0 Å². The van der Waals surface area contributed by atoms with Crippen LogP contribution in [0.4, 0.5) is 4.39 Å². The van der Waals surface area contributed by atoms with Crippen LogP contribution in [0.15, 0.2) is 27.7 Å². The van der Waals surface area contributed by atoms with Crippen molar-refractivity contribution in [1.82, 2.24) is 5.32 Å². The highest BCUT2D eigenvalue weighted by Gasteiger charge is 2.02. The molecule has 0 amide bonds. The Labute approximate surface area is 145 Å². The number of aliphatic imine (C=N–C) groups is 1. The molecule has 1 aromatic rings. The minimum absolute atomic E-state index is 0. The molecule has 6 heteroatoms. The Kier molecular flexibility index (Phi) is 11.1. The SMILES string of the molecule is CCCCNC(N)=NCCCc1ccc(Br)cc1F.I. The lowest BCUT2D eigenvalue weighted by atomic mass is 10.1. The normalized spacial score (nSPS) is 11.1. The van der Waals surface area contributed by atoms with E-state index >= 15 is 0 Å². The largest absolute Gasteiger partial charge is 0.370 e. The summed E-state index contributed by atoms with van der Waals surface area (Å²) in [5.41, 5.74) is 6.42. The van der Waals surface area contributed by atoms with E-state index in [0.717, 1.165) is 35.8 Å². The van der Waals surface area contributed by atoms with E-state index in [2.05, 4.69) is 33.2 Å². The van der Waals surface area contributed by atoms with Gasteiger partial charge in [-0.25, -0.2) is 4.39 Å². The van der Waals surface area contributed by atoms with Gasteiger partial charge in [-0.1, -0.05) is 35.3 Å². The van der Waals surface area contributed by atoms with Gasteiger partial charge < -0.3 is 11.1 Å². The van der Waals surface area contributed by atoms with Gasteiger partial charge in [-0.05, 0) is 37.0 Å². The van der Waals surface area contributed by atoms with E-state index in [-0.39, 0.29) is 29.8 Å². The molecule has 0 saturated heterocycles. The van der Waals surface area contributed by atoms with Gasteiger partial charge in [0.1, 0.15) is 5.82 Å². The lowest BCUT2D eigenvalue weighted by Gasteiger charge is -2.05. The first-order valence-electron chi connectivity index (χ1n) is 6.61. The molecule has 0 aliphatic heterocycles. The zero-order valence-electron chi connectivity index (χ0n) is 11.7. The van der Waals surface area contributed by atoms with Crippen LogP contribution in [-0.4, -0.2) is 19.0 Å². The summed E-state index contributed by atoms with van der Waals surface area (Å²) in [6, 6.07) is 5.13. The maximum absolute atomic E-state index is 13.5. The third-order valence-electron chi connectivity index (χ3n) is 2.74. The van der Waals surface area contributed by atoms with Crippen LogP contribution < -0.4 is 11.1 Å². The Morgan fingerprint density at radius 3 is 2.80 bits per heavy atom. The number of benzene rings is 1. The van der Waals surface area contributed by atoms with Crippen LogP contribution in [0, 0.1) is 5.82 Å². The minimum atomic E-state index is -0.174. The van der Waals surface area contributed by atoms with Gasteiger partial charge in [-0.15, -0.1) is 24.0 Å². The number of halogens is 3. The summed E-state index contributed by atoms with van der Waals surface area (Å²) in [4.78, 5) is 4.21. The fourth-order valence-corrected chi connectivity index (χ4v) is 1.98. The zero-order valence-corrected chi connectivity index (χ0v) is 15.6. The van der Waals surface area contributed by atoms with Crippen molar-refractivity contribution in [3.63, 3.8) is 0 Å². The second-order valence-corrected chi connectivity index (χ2v) is 5.30. The Balaban J connectivity index is 0.00000361. The number of hydrogen-bond acceptors (Lipinski definition) is 1. The number of hydrogen-bond donors (Lipinski definition) is 2. The molecule has 0 spiro atoms. The minimum Gasteiger partial charge on any atom is -0.370 e. The molecule has 0 aliphatic carbocycles. The van der Waals surface area contributed by atoms with E-state index in [0.29, 0.717) is 18.9 Å². The average molecular weight is 458 g/mol. The Bertz CT molecular complexity index is 427. The predicted molar refractivity (Wildman–Crippen MR) is 97.2 cm³/mol. The van der Waals surface area contributed by atoms with Crippen LogP contribution in [-0.2, 0) is 6.42 Å². The Morgan fingerprint density at radius 2 is 2.15 bits per heavy atom. The molecular weight excluding hydrogens is 436 g/mol. The van der Waals surface area contributed by atoms with E-state index in [1.165, 1.54) is 6.07 Å². The van der Waals surface area contributed by atoms with Gasteiger partial charge in [0, 0.05) is 17.6 Å². The van der Waals surface area contributed by atoms with Crippen molar-refractivity contribution in [3.05, 3.63) is 34.1 Å². The standard InChI is InChI=1S/C14H21BrFN3.HI/c1-2-3-8-18-14(17)19-9-4-5-11-6-7-12(15)10-13(11)16;/h6-7,10H,2-5,8-9H2,1H3,(H3,17,18,19);1H. The summed E-state index contributed by atoms with van der Waals surface area (Å²) in [6.07, 6.45) is 3.67. The molecular formula is C14H22BrFIN3. The van der Waals surface area contributed by atoms with Gasteiger partial charge >= 0.3 is 0 Å². The Morgan fingerprint density at radius 1 is 1.40 bits per heavy atom. The number of nitrogens with zero attached hydrogens (tertiary/aromatic N) is 1. The first-order chi connectivity index (χ1) is 9.13. The molecule has 0 atom stereocenters. The zero-order chi connectivity index (χ0) is 14.1. The van der Waals surface area contributed by atoms with Crippen molar-refractivity contribution in [3.8, 4) is 0 Å². The van der Waals surface area contributed by atoms with Crippen molar-refractivity contribution < 1.29 is 4.39 Å². The third kappa shape index (κ3) is 8.04. The maximum atomic E-state index is 13.5. The quantitative estimate of drug-likeness (QED) is 0.283. The van der Waals surface area contributed by atoms with Crippen LogP contribution >= 0.6 is 39.9 Å². The topological polar surface area (TPSA) is 50.4 Å². The fourth-order valence-electron chi connectivity index (χ4n) is 1.64. The fraction of sp³-hybridized carbons (Fsp3) is 0.500. The molecule has 20 heavy (non-hydrogen) atoms. The molecule has 3 N–H and O–H groups in total. The lowest BCUT2D eigenvalue weighted by Crippen LogP contribution is -2.32.